The molecule has 0 fully saturated rings. The van der Waals surface area contributed by atoms with Gasteiger partial charge in [0.05, 0.1) is 29.5 Å². The molecule has 0 aliphatic heterocycles. The van der Waals surface area contributed by atoms with Crippen molar-refractivity contribution in [2.24, 2.45) is 0 Å². The molecule has 33 heavy (non-hydrogen) atoms. The molecule has 1 amide bonds. The summed E-state index contributed by atoms with van der Waals surface area (Å²) in [6.45, 7) is 0. The third-order valence-corrected chi connectivity index (χ3v) is 5.39. The number of hydrogen-bond donors (Lipinski definition) is 1. The molecule has 0 aliphatic carbocycles. The minimum absolute atomic E-state index is 0.181. The maximum absolute atomic E-state index is 12.7. The summed E-state index contributed by atoms with van der Waals surface area (Å²) >= 11 is 0. The molecule has 0 spiro atoms. The highest BCUT2D eigenvalue weighted by Crippen LogP contribution is 2.31. The van der Waals surface area contributed by atoms with E-state index in [0.29, 0.717) is 11.3 Å². The fraction of sp³-hybridized carbons (Fsp3) is 0.0357. The largest absolute Gasteiger partial charge is 0.497 e. The van der Waals surface area contributed by atoms with Crippen LogP contribution in [0.4, 0.5) is 5.69 Å². The molecule has 5 heteroatoms. The van der Waals surface area contributed by atoms with Crippen LogP contribution in [-0.4, -0.2) is 23.0 Å². The number of benzene rings is 4. The molecule has 0 atom stereocenters. The van der Waals surface area contributed by atoms with Crippen molar-refractivity contribution >= 4 is 22.6 Å². The lowest BCUT2D eigenvalue weighted by molar-refractivity contribution is 0.102. The number of para-hydroxylation sites is 2. The Bertz CT molecular complexity index is 1410. The molecule has 4 aromatic carbocycles. The predicted octanol–water partition coefficient (Wildman–Crippen LogP) is 6.22. The van der Waals surface area contributed by atoms with Gasteiger partial charge >= 0.3 is 0 Å². The molecule has 0 bridgehead atoms. The first-order chi connectivity index (χ1) is 16.2. The zero-order chi connectivity index (χ0) is 22.6. The number of nitrogens with one attached hydrogen (secondary N) is 1. The average molecular weight is 431 g/mol. The predicted molar refractivity (Wildman–Crippen MR) is 131 cm³/mol. The second-order valence-electron chi connectivity index (χ2n) is 7.54. The van der Waals surface area contributed by atoms with E-state index in [4.69, 9.17) is 14.7 Å². The number of nitrogens with zero attached hydrogens (tertiary/aromatic N) is 2. The van der Waals surface area contributed by atoms with Crippen LogP contribution in [0.2, 0.25) is 0 Å². The van der Waals surface area contributed by atoms with Gasteiger partial charge in [0, 0.05) is 22.4 Å². The van der Waals surface area contributed by atoms with Crippen LogP contribution in [0, 0.1) is 0 Å². The molecule has 5 aromatic rings. The summed E-state index contributed by atoms with van der Waals surface area (Å²) in [4.78, 5) is 22.5. The minimum atomic E-state index is -0.181. The molecular weight excluding hydrogens is 410 g/mol. The first kappa shape index (κ1) is 20.4. The maximum Gasteiger partial charge on any atom is 0.255 e. The van der Waals surface area contributed by atoms with Crippen LogP contribution in [0.3, 0.4) is 0 Å². The van der Waals surface area contributed by atoms with Crippen molar-refractivity contribution < 1.29 is 9.53 Å². The number of carbonyl (C=O) groups is 1. The van der Waals surface area contributed by atoms with Gasteiger partial charge in [-0.25, -0.2) is 9.97 Å². The summed E-state index contributed by atoms with van der Waals surface area (Å²) in [6.07, 6.45) is 0. The zero-order valence-electron chi connectivity index (χ0n) is 18.0. The van der Waals surface area contributed by atoms with Crippen LogP contribution >= 0.6 is 0 Å². The third kappa shape index (κ3) is 4.29. The van der Waals surface area contributed by atoms with Crippen LogP contribution in [0.15, 0.2) is 103 Å². The Balaban J connectivity index is 1.48. The summed E-state index contributed by atoms with van der Waals surface area (Å²) in [6, 6.07) is 32.5. The standard InChI is InChI=1S/C28H21N3O2/c1-33-23-17-15-22(16-18-23)29-28(32)21-13-11-20(12-14-21)27-26(19-7-3-2-4-8-19)30-24-9-5-6-10-25(24)31-27/h2-18H,1H3,(H,29,32). The minimum Gasteiger partial charge on any atom is -0.497 e. The van der Waals surface area contributed by atoms with E-state index in [1.807, 2.05) is 91.0 Å². The SMILES string of the molecule is COc1ccc(NC(=O)c2ccc(-c3nc4ccccc4nc3-c3ccccc3)cc2)cc1. The van der Waals surface area contributed by atoms with Crippen molar-refractivity contribution in [2.75, 3.05) is 12.4 Å². The Kier molecular flexibility index (Phi) is 5.52. The summed E-state index contributed by atoms with van der Waals surface area (Å²) in [5.74, 6) is 0.558. The summed E-state index contributed by atoms with van der Waals surface area (Å²) in [5, 5.41) is 2.91. The molecule has 5 nitrogen and oxygen atoms in total. The van der Waals surface area contributed by atoms with Crippen molar-refractivity contribution in [1.82, 2.24) is 9.97 Å². The number of carbonyl (C=O) groups excluding carboxylic acids is 1. The Labute approximate surface area is 191 Å². The van der Waals surface area contributed by atoms with E-state index in [2.05, 4.69) is 5.32 Å². The van der Waals surface area contributed by atoms with Crippen LogP contribution < -0.4 is 10.1 Å². The molecule has 0 radical (unpaired) electrons. The lowest BCUT2D eigenvalue weighted by Gasteiger charge is -2.11. The van der Waals surface area contributed by atoms with Crippen molar-refractivity contribution in [3.8, 4) is 28.3 Å². The van der Waals surface area contributed by atoms with Crippen molar-refractivity contribution in [3.63, 3.8) is 0 Å². The zero-order valence-corrected chi connectivity index (χ0v) is 18.0. The highest BCUT2D eigenvalue weighted by atomic mass is 16.5. The topological polar surface area (TPSA) is 64.1 Å². The first-order valence-corrected chi connectivity index (χ1v) is 10.6. The maximum atomic E-state index is 12.7. The highest BCUT2D eigenvalue weighted by molar-refractivity contribution is 6.04. The number of rotatable bonds is 5. The molecule has 1 N–H and O–H groups in total. The van der Waals surface area contributed by atoms with E-state index < -0.39 is 0 Å². The number of amides is 1. The summed E-state index contributed by atoms with van der Waals surface area (Å²) < 4.78 is 5.16. The summed E-state index contributed by atoms with van der Waals surface area (Å²) in [5.41, 5.74) is 6.41. The quantitative estimate of drug-likeness (QED) is 0.359. The van der Waals surface area contributed by atoms with Gasteiger partial charge in [-0.1, -0.05) is 54.6 Å². The molecule has 0 saturated carbocycles. The van der Waals surface area contributed by atoms with Gasteiger partial charge < -0.3 is 10.1 Å². The van der Waals surface area contributed by atoms with Crippen molar-refractivity contribution in [1.29, 1.82) is 0 Å². The third-order valence-electron chi connectivity index (χ3n) is 5.39. The smallest absolute Gasteiger partial charge is 0.255 e. The number of aromatic nitrogens is 2. The lowest BCUT2D eigenvalue weighted by Crippen LogP contribution is -2.11. The molecule has 1 aromatic heterocycles. The van der Waals surface area contributed by atoms with E-state index in [1.165, 1.54) is 0 Å². The van der Waals surface area contributed by atoms with E-state index in [-0.39, 0.29) is 5.91 Å². The van der Waals surface area contributed by atoms with Gasteiger partial charge in [-0.3, -0.25) is 4.79 Å². The number of fused-ring (bicyclic) bond motifs is 1. The second-order valence-corrected chi connectivity index (χ2v) is 7.54. The Morgan fingerprint density at radius 2 is 1.21 bits per heavy atom. The number of methoxy groups -OCH3 is 1. The molecule has 1 heterocycles. The second kappa shape index (κ2) is 8.93. The van der Waals surface area contributed by atoms with Crippen LogP contribution in [-0.2, 0) is 0 Å². The Hall–Kier alpha value is -4.51. The average Bonchev–Trinajstić information content (AvgIpc) is 2.89. The molecule has 0 aliphatic rings. The van der Waals surface area contributed by atoms with E-state index in [9.17, 15) is 4.79 Å². The number of ether oxygens (including phenoxy) is 1. The Morgan fingerprint density at radius 3 is 1.79 bits per heavy atom. The first-order valence-electron chi connectivity index (χ1n) is 10.6. The van der Waals surface area contributed by atoms with Gasteiger partial charge in [0.1, 0.15) is 5.75 Å². The molecule has 5 rings (SSSR count). The van der Waals surface area contributed by atoms with Gasteiger partial charge in [0.15, 0.2) is 0 Å². The van der Waals surface area contributed by atoms with E-state index in [0.717, 1.165) is 39.3 Å². The monoisotopic (exact) mass is 431 g/mol. The molecule has 160 valence electrons. The molecule has 0 unspecified atom stereocenters. The number of anilines is 1. The van der Waals surface area contributed by atoms with Gasteiger partial charge in [0.25, 0.3) is 5.91 Å². The van der Waals surface area contributed by atoms with Crippen LogP contribution in [0.5, 0.6) is 5.75 Å². The van der Waals surface area contributed by atoms with Gasteiger partial charge in [-0.15, -0.1) is 0 Å². The van der Waals surface area contributed by atoms with E-state index >= 15 is 0 Å². The summed E-state index contributed by atoms with van der Waals surface area (Å²) in [7, 11) is 1.61. The highest BCUT2D eigenvalue weighted by Gasteiger charge is 2.14. The van der Waals surface area contributed by atoms with E-state index in [1.54, 1.807) is 19.2 Å². The number of hydrogen-bond acceptors (Lipinski definition) is 4. The fourth-order valence-corrected chi connectivity index (χ4v) is 3.66. The van der Waals surface area contributed by atoms with Crippen LogP contribution in [0.25, 0.3) is 33.5 Å². The van der Waals surface area contributed by atoms with Crippen molar-refractivity contribution in [2.45, 2.75) is 0 Å². The molecular formula is C28H21N3O2. The van der Waals surface area contributed by atoms with Gasteiger partial charge in [-0.05, 0) is 48.5 Å². The fourth-order valence-electron chi connectivity index (χ4n) is 3.66. The Morgan fingerprint density at radius 1 is 0.667 bits per heavy atom. The van der Waals surface area contributed by atoms with Gasteiger partial charge in [-0.2, -0.15) is 0 Å². The normalized spacial score (nSPS) is 10.7. The van der Waals surface area contributed by atoms with Crippen molar-refractivity contribution in [3.05, 3.63) is 109 Å². The lowest BCUT2D eigenvalue weighted by atomic mass is 10.0. The van der Waals surface area contributed by atoms with Crippen LogP contribution in [0.1, 0.15) is 10.4 Å². The molecule has 0 saturated heterocycles. The van der Waals surface area contributed by atoms with Gasteiger partial charge in [0.2, 0.25) is 0 Å².